The van der Waals surface area contributed by atoms with Crippen LogP contribution in [0.1, 0.15) is 42.6 Å². The third kappa shape index (κ3) is 2.58. The number of phenols is 1. The molecule has 1 aromatic rings. The predicted octanol–water partition coefficient (Wildman–Crippen LogP) is 1.88. The van der Waals surface area contributed by atoms with Crippen molar-refractivity contribution in [3.8, 4) is 11.5 Å². The first-order chi connectivity index (χ1) is 9.60. The van der Waals surface area contributed by atoms with E-state index in [9.17, 15) is 15.0 Å². The molecule has 20 heavy (non-hydrogen) atoms. The molecule has 0 bridgehead atoms. The summed E-state index contributed by atoms with van der Waals surface area (Å²) in [5.41, 5.74) is 1.89. The van der Waals surface area contributed by atoms with Crippen molar-refractivity contribution >= 4 is 5.97 Å². The van der Waals surface area contributed by atoms with Crippen molar-refractivity contribution < 1.29 is 24.5 Å². The van der Waals surface area contributed by atoms with Gasteiger partial charge in [-0.15, -0.1) is 0 Å². The molecule has 110 valence electrons. The molecule has 0 aliphatic heterocycles. The highest BCUT2D eigenvalue weighted by Gasteiger charge is 2.28. The van der Waals surface area contributed by atoms with Gasteiger partial charge in [0.15, 0.2) is 6.10 Å². The van der Waals surface area contributed by atoms with E-state index in [1.54, 1.807) is 14.0 Å². The molecule has 5 heteroatoms. The Bertz CT molecular complexity index is 509. The maximum absolute atomic E-state index is 11.6. The fourth-order valence-electron chi connectivity index (χ4n) is 2.65. The summed E-state index contributed by atoms with van der Waals surface area (Å²) in [6.45, 7) is 1.84. The summed E-state index contributed by atoms with van der Waals surface area (Å²) in [5, 5.41) is 20.4. The van der Waals surface area contributed by atoms with Gasteiger partial charge in [-0.25, -0.2) is 4.79 Å². The van der Waals surface area contributed by atoms with Gasteiger partial charge >= 0.3 is 5.97 Å². The van der Waals surface area contributed by atoms with Gasteiger partial charge in [-0.3, -0.25) is 0 Å². The van der Waals surface area contributed by atoms with Gasteiger partial charge in [-0.1, -0.05) is 0 Å². The number of esters is 1. The first-order valence-corrected chi connectivity index (χ1v) is 6.86. The van der Waals surface area contributed by atoms with Gasteiger partial charge in [0.1, 0.15) is 11.5 Å². The lowest BCUT2D eigenvalue weighted by atomic mass is 9.87. The predicted molar refractivity (Wildman–Crippen MR) is 72.9 cm³/mol. The molecular weight excluding hydrogens is 260 g/mol. The first-order valence-electron chi connectivity index (χ1n) is 6.86. The van der Waals surface area contributed by atoms with E-state index in [1.807, 2.05) is 0 Å². The van der Waals surface area contributed by atoms with Crippen molar-refractivity contribution in [3.05, 3.63) is 22.8 Å². The number of aliphatic hydroxyl groups is 1. The number of ether oxygens (including phenoxy) is 2. The zero-order chi connectivity index (χ0) is 14.7. The fourth-order valence-corrected chi connectivity index (χ4v) is 2.65. The number of carbonyl (C=O) groups is 1. The van der Waals surface area contributed by atoms with E-state index in [-0.39, 0.29) is 17.9 Å². The molecule has 1 aliphatic carbocycles. The molecule has 0 heterocycles. The third-order valence-electron chi connectivity index (χ3n) is 3.64. The Morgan fingerprint density at radius 3 is 2.60 bits per heavy atom. The van der Waals surface area contributed by atoms with Crippen molar-refractivity contribution in [2.24, 2.45) is 0 Å². The van der Waals surface area contributed by atoms with E-state index in [2.05, 4.69) is 0 Å². The van der Waals surface area contributed by atoms with E-state index < -0.39 is 12.1 Å². The number of benzene rings is 1. The maximum Gasteiger partial charge on any atom is 0.339 e. The Hall–Kier alpha value is -1.75. The van der Waals surface area contributed by atoms with Crippen LogP contribution < -0.4 is 4.74 Å². The lowest BCUT2D eigenvalue weighted by Gasteiger charge is -2.23. The van der Waals surface area contributed by atoms with Crippen molar-refractivity contribution in [2.75, 3.05) is 13.7 Å². The molecule has 1 atom stereocenters. The van der Waals surface area contributed by atoms with Gasteiger partial charge < -0.3 is 19.7 Å². The maximum atomic E-state index is 11.6. The van der Waals surface area contributed by atoms with Gasteiger partial charge in [0.25, 0.3) is 0 Å². The van der Waals surface area contributed by atoms with Gasteiger partial charge in [-0.05, 0) is 38.7 Å². The summed E-state index contributed by atoms with van der Waals surface area (Å²) in [5.74, 6) is -0.169. The van der Waals surface area contributed by atoms with Crippen molar-refractivity contribution in [2.45, 2.75) is 38.7 Å². The Morgan fingerprint density at radius 2 is 2.00 bits per heavy atom. The van der Waals surface area contributed by atoms with Crippen LogP contribution >= 0.6 is 0 Å². The Labute approximate surface area is 118 Å². The molecule has 0 fully saturated rings. The van der Waals surface area contributed by atoms with Gasteiger partial charge in [0.05, 0.1) is 13.7 Å². The molecule has 2 rings (SSSR count). The van der Waals surface area contributed by atoms with Crippen LogP contribution in [0.3, 0.4) is 0 Å². The number of phenolic OH excluding ortho intramolecular Hbond substituents is 1. The summed E-state index contributed by atoms with van der Waals surface area (Å²) < 4.78 is 10.1. The number of fused-ring (bicyclic) bond motifs is 1. The van der Waals surface area contributed by atoms with Crippen LogP contribution in [0.25, 0.3) is 0 Å². The van der Waals surface area contributed by atoms with Crippen LogP contribution in [0.15, 0.2) is 6.07 Å². The normalized spacial score (nSPS) is 15.3. The van der Waals surface area contributed by atoms with E-state index in [0.29, 0.717) is 5.75 Å². The van der Waals surface area contributed by atoms with E-state index in [4.69, 9.17) is 9.47 Å². The van der Waals surface area contributed by atoms with Crippen LogP contribution in [0, 0.1) is 0 Å². The average molecular weight is 280 g/mol. The molecule has 0 saturated heterocycles. The SMILES string of the molecule is CCOC(=O)C(O)c1cc(OC)c2c(c1O)CCCC2. The highest BCUT2D eigenvalue weighted by atomic mass is 16.5. The van der Waals surface area contributed by atoms with Gasteiger partial charge in [0.2, 0.25) is 0 Å². The third-order valence-corrected chi connectivity index (χ3v) is 3.64. The van der Waals surface area contributed by atoms with E-state index in [1.165, 1.54) is 6.07 Å². The lowest BCUT2D eigenvalue weighted by molar-refractivity contribution is -0.153. The van der Waals surface area contributed by atoms with Crippen LogP contribution in [-0.4, -0.2) is 29.9 Å². The van der Waals surface area contributed by atoms with Crippen LogP contribution in [-0.2, 0) is 22.4 Å². The number of hydrogen-bond donors (Lipinski definition) is 2. The summed E-state index contributed by atoms with van der Waals surface area (Å²) in [7, 11) is 1.54. The highest BCUT2D eigenvalue weighted by molar-refractivity contribution is 5.78. The lowest BCUT2D eigenvalue weighted by Crippen LogP contribution is -2.17. The number of hydrogen-bond acceptors (Lipinski definition) is 5. The Balaban J connectivity index is 2.46. The zero-order valence-electron chi connectivity index (χ0n) is 11.8. The smallest absolute Gasteiger partial charge is 0.339 e. The highest BCUT2D eigenvalue weighted by Crippen LogP contribution is 2.40. The fraction of sp³-hybridized carbons (Fsp3) is 0.533. The molecule has 1 aliphatic rings. The largest absolute Gasteiger partial charge is 0.507 e. The second-order valence-electron chi connectivity index (χ2n) is 4.84. The molecule has 0 saturated carbocycles. The molecule has 0 aromatic heterocycles. The van der Waals surface area contributed by atoms with Crippen LogP contribution in [0.5, 0.6) is 11.5 Å². The summed E-state index contributed by atoms with van der Waals surface area (Å²) in [6.07, 6.45) is 2.09. The second kappa shape index (κ2) is 6.13. The summed E-state index contributed by atoms with van der Waals surface area (Å²) in [4.78, 5) is 11.6. The Kier molecular flexibility index (Phi) is 4.49. The molecular formula is C15H20O5. The molecule has 1 unspecified atom stereocenters. The molecule has 0 amide bonds. The van der Waals surface area contributed by atoms with Gasteiger partial charge in [-0.2, -0.15) is 0 Å². The molecule has 2 N–H and O–H groups in total. The summed E-state index contributed by atoms with van der Waals surface area (Å²) in [6, 6.07) is 1.53. The van der Waals surface area contributed by atoms with Crippen LogP contribution in [0.2, 0.25) is 0 Å². The molecule has 1 aromatic carbocycles. The average Bonchev–Trinajstić information content (AvgIpc) is 2.47. The molecule has 5 nitrogen and oxygen atoms in total. The number of carbonyl (C=O) groups excluding carboxylic acids is 1. The molecule has 0 radical (unpaired) electrons. The number of methoxy groups -OCH3 is 1. The first kappa shape index (κ1) is 14.7. The Morgan fingerprint density at radius 1 is 1.35 bits per heavy atom. The number of aromatic hydroxyl groups is 1. The number of rotatable bonds is 4. The summed E-state index contributed by atoms with van der Waals surface area (Å²) >= 11 is 0. The second-order valence-corrected chi connectivity index (χ2v) is 4.84. The minimum absolute atomic E-state index is 0.0129. The van der Waals surface area contributed by atoms with Crippen molar-refractivity contribution in [3.63, 3.8) is 0 Å². The quantitative estimate of drug-likeness (QED) is 0.823. The molecule has 0 spiro atoms. The van der Waals surface area contributed by atoms with Gasteiger partial charge in [0, 0.05) is 16.7 Å². The minimum atomic E-state index is -1.49. The van der Waals surface area contributed by atoms with Crippen molar-refractivity contribution in [1.82, 2.24) is 0 Å². The zero-order valence-corrected chi connectivity index (χ0v) is 11.8. The standard InChI is InChI=1S/C15H20O5/c1-3-20-15(18)14(17)11-8-12(19-2)9-6-4-5-7-10(9)13(11)16/h8,14,16-17H,3-7H2,1-2H3. The van der Waals surface area contributed by atoms with Crippen molar-refractivity contribution in [1.29, 1.82) is 0 Å². The monoisotopic (exact) mass is 280 g/mol. The van der Waals surface area contributed by atoms with E-state index in [0.717, 1.165) is 36.8 Å². The topological polar surface area (TPSA) is 76.0 Å². The number of aliphatic hydroxyl groups excluding tert-OH is 1. The van der Waals surface area contributed by atoms with Crippen LogP contribution in [0.4, 0.5) is 0 Å². The minimum Gasteiger partial charge on any atom is -0.507 e. The van der Waals surface area contributed by atoms with E-state index >= 15 is 0 Å².